The zero-order valence-electron chi connectivity index (χ0n) is 10.3. The molecule has 0 N–H and O–H groups in total. The number of allylic oxidation sites excluding steroid dienone is 1. The molecule has 0 aromatic heterocycles. The summed E-state index contributed by atoms with van der Waals surface area (Å²) in [6.45, 7) is 4.43. The summed E-state index contributed by atoms with van der Waals surface area (Å²) in [6, 6.07) is 6.33. The fourth-order valence-electron chi connectivity index (χ4n) is 1.65. The monoisotopic (exact) mass is 245 g/mol. The molecule has 0 radical (unpaired) electrons. The van der Waals surface area contributed by atoms with Crippen molar-refractivity contribution < 1.29 is 4.92 Å². The largest absolute Gasteiger partial charge is 0.374 e. The molecule has 0 saturated carbocycles. The average molecular weight is 245 g/mol. The number of anilines is 1. The second kappa shape index (κ2) is 6.40. The van der Waals surface area contributed by atoms with E-state index >= 15 is 0 Å². The topological polar surface area (TPSA) is 70.2 Å². The normalized spacial score (nSPS) is 9.56. The fraction of sp³-hybridized carbons (Fsp3) is 0.308. The Morgan fingerprint density at radius 3 is 2.89 bits per heavy atom. The molecule has 0 unspecified atom stereocenters. The number of rotatable bonds is 6. The summed E-state index contributed by atoms with van der Waals surface area (Å²) in [4.78, 5) is 12.1. The third kappa shape index (κ3) is 3.32. The predicted octanol–water partition coefficient (Wildman–Crippen LogP) is 2.87. The Morgan fingerprint density at radius 2 is 2.33 bits per heavy atom. The third-order valence-corrected chi connectivity index (χ3v) is 2.62. The van der Waals surface area contributed by atoms with Gasteiger partial charge in [-0.2, -0.15) is 5.26 Å². The Labute approximate surface area is 106 Å². The van der Waals surface area contributed by atoms with Gasteiger partial charge in [-0.1, -0.05) is 6.08 Å². The number of benzene rings is 1. The maximum atomic E-state index is 10.6. The molecule has 94 valence electrons. The van der Waals surface area contributed by atoms with Crippen LogP contribution in [0.2, 0.25) is 0 Å². The number of non-ortho nitro benzene ring substituents is 1. The highest BCUT2D eigenvalue weighted by Crippen LogP contribution is 2.24. The number of hydrogen-bond acceptors (Lipinski definition) is 4. The molecular formula is C13H15N3O2. The van der Waals surface area contributed by atoms with Crippen molar-refractivity contribution in [2.45, 2.75) is 12.8 Å². The van der Waals surface area contributed by atoms with Crippen LogP contribution in [0.15, 0.2) is 30.9 Å². The molecule has 0 saturated heterocycles. The van der Waals surface area contributed by atoms with Crippen molar-refractivity contribution in [2.24, 2.45) is 0 Å². The molecule has 5 nitrogen and oxygen atoms in total. The molecule has 1 aromatic rings. The first-order valence-electron chi connectivity index (χ1n) is 5.60. The van der Waals surface area contributed by atoms with E-state index in [2.05, 4.69) is 6.58 Å². The van der Waals surface area contributed by atoms with Crippen LogP contribution in [0, 0.1) is 21.4 Å². The van der Waals surface area contributed by atoms with Gasteiger partial charge in [0.15, 0.2) is 0 Å². The van der Waals surface area contributed by atoms with Gasteiger partial charge in [0, 0.05) is 25.7 Å². The Hall–Kier alpha value is -2.35. The van der Waals surface area contributed by atoms with E-state index in [1.807, 2.05) is 24.1 Å². The van der Waals surface area contributed by atoms with Crippen molar-refractivity contribution in [3.8, 4) is 6.07 Å². The predicted molar refractivity (Wildman–Crippen MR) is 70.5 cm³/mol. The van der Waals surface area contributed by atoms with E-state index in [-0.39, 0.29) is 5.69 Å². The first-order valence-corrected chi connectivity index (χ1v) is 5.60. The number of nitro groups is 1. The van der Waals surface area contributed by atoms with Crippen LogP contribution >= 0.6 is 0 Å². The molecule has 1 rings (SSSR count). The Balaban J connectivity index is 2.92. The van der Waals surface area contributed by atoms with E-state index < -0.39 is 4.92 Å². The average Bonchev–Trinajstić information content (AvgIpc) is 2.38. The zero-order valence-corrected chi connectivity index (χ0v) is 10.3. The highest BCUT2D eigenvalue weighted by Gasteiger charge is 2.12. The molecule has 0 fully saturated rings. The third-order valence-electron chi connectivity index (χ3n) is 2.62. The lowest BCUT2D eigenvalue weighted by Gasteiger charge is -2.19. The van der Waals surface area contributed by atoms with Crippen molar-refractivity contribution in [3.05, 3.63) is 46.5 Å². The number of unbranched alkanes of at least 4 members (excludes halogenated alkanes) is 1. The van der Waals surface area contributed by atoms with Crippen LogP contribution < -0.4 is 4.90 Å². The van der Waals surface area contributed by atoms with E-state index in [1.54, 1.807) is 6.07 Å². The highest BCUT2D eigenvalue weighted by atomic mass is 16.6. The minimum atomic E-state index is -0.498. The fourth-order valence-corrected chi connectivity index (χ4v) is 1.65. The minimum Gasteiger partial charge on any atom is -0.374 e. The summed E-state index contributed by atoms with van der Waals surface area (Å²) in [5.74, 6) is 0. The van der Waals surface area contributed by atoms with E-state index in [0.29, 0.717) is 11.3 Å². The Morgan fingerprint density at radius 1 is 1.61 bits per heavy atom. The van der Waals surface area contributed by atoms with Gasteiger partial charge in [0.25, 0.3) is 5.69 Å². The van der Waals surface area contributed by atoms with Crippen molar-refractivity contribution >= 4 is 11.4 Å². The summed E-state index contributed by atoms with van der Waals surface area (Å²) < 4.78 is 0. The summed E-state index contributed by atoms with van der Waals surface area (Å²) in [7, 11) is 1.87. The molecule has 0 aliphatic carbocycles. The summed E-state index contributed by atoms with van der Waals surface area (Å²) in [6.07, 6.45) is 3.68. The van der Waals surface area contributed by atoms with Gasteiger partial charge >= 0.3 is 0 Å². The van der Waals surface area contributed by atoms with Gasteiger partial charge in [-0.25, -0.2) is 0 Å². The van der Waals surface area contributed by atoms with Crippen molar-refractivity contribution in [3.63, 3.8) is 0 Å². The first-order chi connectivity index (χ1) is 8.60. The van der Waals surface area contributed by atoms with Crippen LogP contribution in [-0.4, -0.2) is 18.5 Å². The van der Waals surface area contributed by atoms with Gasteiger partial charge in [0.1, 0.15) is 6.07 Å². The van der Waals surface area contributed by atoms with Crippen LogP contribution in [0.25, 0.3) is 0 Å². The molecule has 0 amide bonds. The van der Waals surface area contributed by atoms with Crippen LogP contribution in [-0.2, 0) is 0 Å². The van der Waals surface area contributed by atoms with Gasteiger partial charge in [0.05, 0.1) is 16.2 Å². The Kier molecular flexibility index (Phi) is 4.88. The summed E-state index contributed by atoms with van der Waals surface area (Å²) in [5, 5.41) is 19.7. The number of nitriles is 1. The SMILES string of the molecule is C=CCCCN(C)c1ccc([N+](=O)[O-])cc1C#N. The summed E-state index contributed by atoms with van der Waals surface area (Å²) >= 11 is 0. The van der Waals surface area contributed by atoms with Crippen molar-refractivity contribution in [1.82, 2.24) is 0 Å². The van der Waals surface area contributed by atoms with Gasteiger partial charge in [0.2, 0.25) is 0 Å². The molecule has 0 bridgehead atoms. The molecule has 5 heteroatoms. The van der Waals surface area contributed by atoms with E-state index in [9.17, 15) is 10.1 Å². The van der Waals surface area contributed by atoms with Crippen LogP contribution in [0.4, 0.5) is 11.4 Å². The number of nitro benzene ring substituents is 1. The molecule has 0 aliphatic rings. The molecule has 0 heterocycles. The van der Waals surface area contributed by atoms with Crippen LogP contribution in [0.1, 0.15) is 18.4 Å². The second-order valence-electron chi connectivity index (χ2n) is 3.92. The lowest BCUT2D eigenvalue weighted by atomic mass is 10.1. The quantitative estimate of drug-likeness (QED) is 0.334. The second-order valence-corrected chi connectivity index (χ2v) is 3.92. The van der Waals surface area contributed by atoms with E-state index in [1.165, 1.54) is 12.1 Å². The van der Waals surface area contributed by atoms with Gasteiger partial charge in [-0.05, 0) is 18.9 Å². The number of hydrogen-bond donors (Lipinski definition) is 0. The molecule has 18 heavy (non-hydrogen) atoms. The summed E-state index contributed by atoms with van der Waals surface area (Å²) in [5.41, 5.74) is 0.979. The Bertz CT molecular complexity index is 491. The molecular weight excluding hydrogens is 230 g/mol. The van der Waals surface area contributed by atoms with Crippen molar-refractivity contribution in [2.75, 3.05) is 18.5 Å². The van der Waals surface area contributed by atoms with Gasteiger partial charge in [-0.15, -0.1) is 6.58 Å². The van der Waals surface area contributed by atoms with Crippen LogP contribution in [0.3, 0.4) is 0 Å². The lowest BCUT2D eigenvalue weighted by molar-refractivity contribution is -0.384. The lowest BCUT2D eigenvalue weighted by Crippen LogP contribution is -2.19. The zero-order chi connectivity index (χ0) is 13.5. The van der Waals surface area contributed by atoms with Gasteiger partial charge < -0.3 is 4.90 Å². The molecule has 0 atom stereocenters. The van der Waals surface area contributed by atoms with E-state index in [0.717, 1.165) is 19.4 Å². The molecule has 0 aliphatic heterocycles. The highest BCUT2D eigenvalue weighted by molar-refractivity contribution is 5.62. The van der Waals surface area contributed by atoms with Gasteiger partial charge in [-0.3, -0.25) is 10.1 Å². The maximum Gasteiger partial charge on any atom is 0.270 e. The minimum absolute atomic E-state index is 0.0604. The maximum absolute atomic E-state index is 10.6. The smallest absolute Gasteiger partial charge is 0.270 e. The molecule has 1 aromatic carbocycles. The van der Waals surface area contributed by atoms with Crippen LogP contribution in [0.5, 0.6) is 0 Å². The van der Waals surface area contributed by atoms with Crippen molar-refractivity contribution in [1.29, 1.82) is 5.26 Å². The number of nitrogens with zero attached hydrogens (tertiary/aromatic N) is 3. The van der Waals surface area contributed by atoms with E-state index in [4.69, 9.17) is 5.26 Å². The first kappa shape index (κ1) is 13.7. The standard InChI is InChI=1S/C13H15N3O2/c1-3-4-5-8-15(2)13-7-6-12(16(17)18)9-11(13)10-14/h3,6-7,9H,1,4-5,8H2,2H3. The molecule has 0 spiro atoms.